The van der Waals surface area contributed by atoms with E-state index in [1.165, 1.54) is 25.3 Å². The van der Waals surface area contributed by atoms with Gasteiger partial charge >= 0.3 is 12.2 Å². The van der Waals surface area contributed by atoms with E-state index in [1.54, 1.807) is 0 Å². The van der Waals surface area contributed by atoms with Crippen LogP contribution in [-0.2, 0) is 12.7 Å². The van der Waals surface area contributed by atoms with Crippen molar-refractivity contribution in [3.8, 4) is 0 Å². The zero-order valence-electron chi connectivity index (χ0n) is 12.5. The van der Waals surface area contributed by atoms with Gasteiger partial charge in [0.2, 0.25) is 0 Å². The highest BCUT2D eigenvalue weighted by molar-refractivity contribution is 5.74. The van der Waals surface area contributed by atoms with E-state index in [0.717, 1.165) is 18.9 Å². The Hall–Kier alpha value is -1.79. The topological polar surface area (TPSA) is 41.1 Å². The van der Waals surface area contributed by atoms with Crippen molar-refractivity contribution >= 4 is 6.03 Å². The molecular weight excluding hydrogens is 312 g/mol. The Morgan fingerprint density at radius 3 is 2.52 bits per heavy atom. The summed E-state index contributed by atoms with van der Waals surface area (Å²) in [4.78, 5) is 11.8. The van der Waals surface area contributed by atoms with Crippen molar-refractivity contribution in [3.63, 3.8) is 0 Å². The van der Waals surface area contributed by atoms with E-state index in [0.29, 0.717) is 11.5 Å². The quantitative estimate of drug-likeness (QED) is 0.809. The molecule has 1 spiro atoms. The van der Waals surface area contributed by atoms with Crippen LogP contribution in [0.5, 0.6) is 0 Å². The van der Waals surface area contributed by atoms with Crippen molar-refractivity contribution in [3.05, 3.63) is 35.1 Å². The van der Waals surface area contributed by atoms with Crippen LogP contribution in [0.1, 0.15) is 43.2 Å². The molecule has 0 atom stereocenters. The molecule has 0 radical (unpaired) electrons. The molecule has 0 bridgehead atoms. The molecule has 0 saturated heterocycles. The second-order valence-corrected chi connectivity index (χ2v) is 6.56. The van der Waals surface area contributed by atoms with Gasteiger partial charge in [-0.3, -0.25) is 0 Å². The molecule has 0 heterocycles. The molecule has 2 fully saturated rings. The number of alkyl halides is 3. The number of urea groups is 1. The van der Waals surface area contributed by atoms with Gasteiger partial charge in [-0.25, -0.2) is 9.18 Å². The first-order chi connectivity index (χ1) is 10.8. The van der Waals surface area contributed by atoms with Gasteiger partial charge < -0.3 is 10.6 Å². The van der Waals surface area contributed by atoms with Gasteiger partial charge in [-0.15, -0.1) is 0 Å². The van der Waals surface area contributed by atoms with Crippen LogP contribution in [0.3, 0.4) is 0 Å². The zero-order chi connectivity index (χ0) is 16.7. The maximum Gasteiger partial charge on any atom is 0.419 e. The second-order valence-electron chi connectivity index (χ2n) is 6.56. The summed E-state index contributed by atoms with van der Waals surface area (Å²) in [6, 6.07) is 2.69. The molecule has 2 amide bonds. The molecule has 2 aliphatic carbocycles. The maximum absolute atomic E-state index is 13.8. The van der Waals surface area contributed by atoms with Crippen molar-refractivity contribution < 1.29 is 22.4 Å². The van der Waals surface area contributed by atoms with Crippen LogP contribution in [0, 0.1) is 11.2 Å². The average molecular weight is 330 g/mol. The third-order valence-corrected chi connectivity index (χ3v) is 4.93. The number of nitrogens with one attached hydrogen (secondary N) is 2. The molecule has 3 nitrogen and oxygen atoms in total. The van der Waals surface area contributed by atoms with Crippen LogP contribution < -0.4 is 10.6 Å². The number of benzene rings is 1. The summed E-state index contributed by atoms with van der Waals surface area (Å²) >= 11 is 0. The molecule has 2 N–H and O–H groups in total. The Morgan fingerprint density at radius 1 is 1.26 bits per heavy atom. The summed E-state index contributed by atoms with van der Waals surface area (Å²) < 4.78 is 51.7. The van der Waals surface area contributed by atoms with Crippen molar-refractivity contribution in [1.82, 2.24) is 10.6 Å². The van der Waals surface area contributed by atoms with Crippen LogP contribution >= 0.6 is 0 Å². The number of hydrogen-bond acceptors (Lipinski definition) is 1. The van der Waals surface area contributed by atoms with E-state index >= 15 is 0 Å². The van der Waals surface area contributed by atoms with E-state index in [4.69, 9.17) is 0 Å². The highest BCUT2D eigenvalue weighted by atomic mass is 19.4. The van der Waals surface area contributed by atoms with E-state index in [2.05, 4.69) is 10.6 Å². The Bertz CT molecular complexity index is 603. The summed E-state index contributed by atoms with van der Waals surface area (Å²) in [5.74, 6) is -1.34. The molecule has 1 aromatic rings. The summed E-state index contributed by atoms with van der Waals surface area (Å²) in [6.07, 6.45) is 0.834. The Labute approximate surface area is 131 Å². The van der Waals surface area contributed by atoms with Crippen LogP contribution in [0.2, 0.25) is 0 Å². The highest BCUT2D eigenvalue weighted by Gasteiger charge is 2.48. The molecule has 0 unspecified atom stereocenters. The normalized spacial score (nSPS) is 19.8. The lowest BCUT2D eigenvalue weighted by molar-refractivity contribution is -0.140. The number of carbonyl (C=O) groups is 1. The molecule has 0 aromatic heterocycles. The largest absolute Gasteiger partial charge is 0.419 e. The standard InChI is InChI=1S/C16H18F4N2O/c17-13-10(3-1-4-12(13)16(18,19)20)9-21-14(23)22-11-7-15(8-11)5-2-6-15/h1,3-4,11H,2,5-9H2,(H2,21,22,23). The van der Waals surface area contributed by atoms with Gasteiger partial charge in [0, 0.05) is 18.2 Å². The lowest BCUT2D eigenvalue weighted by Gasteiger charge is -2.54. The summed E-state index contributed by atoms with van der Waals surface area (Å²) in [5, 5.41) is 5.20. The van der Waals surface area contributed by atoms with Gasteiger partial charge in [0.15, 0.2) is 0 Å². The fraction of sp³-hybridized carbons (Fsp3) is 0.562. The lowest BCUT2D eigenvalue weighted by atomic mass is 9.54. The minimum atomic E-state index is -4.74. The first-order valence-corrected chi connectivity index (χ1v) is 7.68. The first kappa shape index (κ1) is 16.1. The maximum atomic E-state index is 13.8. The van der Waals surface area contributed by atoms with Crippen LogP contribution in [0.4, 0.5) is 22.4 Å². The van der Waals surface area contributed by atoms with Crippen LogP contribution in [0.15, 0.2) is 18.2 Å². The molecule has 2 saturated carbocycles. The molecule has 126 valence electrons. The van der Waals surface area contributed by atoms with Gasteiger partial charge in [0.1, 0.15) is 5.82 Å². The van der Waals surface area contributed by atoms with Crippen LogP contribution in [-0.4, -0.2) is 12.1 Å². The lowest BCUT2D eigenvalue weighted by Crippen LogP contribution is -2.55. The van der Waals surface area contributed by atoms with E-state index in [-0.39, 0.29) is 18.2 Å². The second kappa shape index (κ2) is 5.69. The SMILES string of the molecule is O=C(NCc1cccc(C(F)(F)F)c1F)NC1CC2(CCC2)C1. The minimum absolute atomic E-state index is 0.113. The summed E-state index contributed by atoms with van der Waals surface area (Å²) in [6.45, 7) is -0.278. The van der Waals surface area contributed by atoms with Gasteiger partial charge in [-0.05, 0) is 37.2 Å². The van der Waals surface area contributed by atoms with Gasteiger partial charge in [-0.1, -0.05) is 18.6 Å². The van der Waals surface area contributed by atoms with E-state index in [9.17, 15) is 22.4 Å². The van der Waals surface area contributed by atoms with Gasteiger partial charge in [-0.2, -0.15) is 13.2 Å². The molecule has 1 aromatic carbocycles. The number of carbonyl (C=O) groups excluding carboxylic acids is 1. The Morgan fingerprint density at radius 2 is 1.96 bits per heavy atom. The predicted octanol–water partition coefficient (Wildman–Crippen LogP) is 3.98. The van der Waals surface area contributed by atoms with Crippen molar-refractivity contribution in [1.29, 1.82) is 0 Å². The fourth-order valence-corrected chi connectivity index (χ4v) is 3.52. The van der Waals surface area contributed by atoms with Crippen molar-refractivity contribution in [2.75, 3.05) is 0 Å². The predicted molar refractivity (Wildman–Crippen MR) is 76.1 cm³/mol. The van der Waals surface area contributed by atoms with Crippen molar-refractivity contribution in [2.45, 2.75) is 50.9 Å². The molecule has 7 heteroatoms. The Balaban J connectivity index is 1.51. The number of hydrogen-bond donors (Lipinski definition) is 2. The average Bonchev–Trinajstić information content (AvgIpc) is 2.37. The van der Waals surface area contributed by atoms with Gasteiger partial charge in [0.05, 0.1) is 5.56 Å². The highest BCUT2D eigenvalue weighted by Crippen LogP contribution is 2.55. The van der Waals surface area contributed by atoms with E-state index in [1.807, 2.05) is 0 Å². The van der Waals surface area contributed by atoms with Crippen molar-refractivity contribution in [2.24, 2.45) is 5.41 Å². The minimum Gasteiger partial charge on any atom is -0.335 e. The van der Waals surface area contributed by atoms with E-state index < -0.39 is 23.6 Å². The smallest absolute Gasteiger partial charge is 0.335 e. The van der Waals surface area contributed by atoms with Crippen LogP contribution in [0.25, 0.3) is 0 Å². The molecule has 3 rings (SSSR count). The monoisotopic (exact) mass is 330 g/mol. The molecular formula is C16H18F4N2O. The number of amides is 2. The summed E-state index contributed by atoms with van der Waals surface area (Å²) in [7, 11) is 0. The Kier molecular flexibility index (Phi) is 3.98. The third kappa shape index (κ3) is 3.28. The molecule has 23 heavy (non-hydrogen) atoms. The van der Waals surface area contributed by atoms with Gasteiger partial charge in [0.25, 0.3) is 0 Å². The third-order valence-electron chi connectivity index (χ3n) is 4.93. The fourth-order valence-electron chi connectivity index (χ4n) is 3.52. The summed E-state index contributed by atoms with van der Waals surface area (Å²) in [5.41, 5.74) is -1.08. The first-order valence-electron chi connectivity index (χ1n) is 7.68. The molecule has 0 aliphatic heterocycles. The zero-order valence-corrected chi connectivity index (χ0v) is 12.5. The number of halogens is 4. The number of rotatable bonds is 3. The molecule has 2 aliphatic rings.